The molecule has 1 aliphatic carbocycles. The van der Waals surface area contributed by atoms with Crippen LogP contribution in [0.3, 0.4) is 0 Å². The van der Waals surface area contributed by atoms with Gasteiger partial charge < -0.3 is 10.1 Å². The molecule has 110 valence electrons. The van der Waals surface area contributed by atoms with E-state index in [0.717, 1.165) is 19.3 Å². The van der Waals surface area contributed by atoms with E-state index in [1.807, 2.05) is 0 Å². The van der Waals surface area contributed by atoms with Crippen molar-refractivity contribution in [3.05, 3.63) is 30.1 Å². The number of carbonyl (C=O) groups is 1. The van der Waals surface area contributed by atoms with Crippen molar-refractivity contribution in [2.45, 2.75) is 44.6 Å². The van der Waals surface area contributed by atoms with E-state index >= 15 is 0 Å². The van der Waals surface area contributed by atoms with Crippen LogP contribution < -0.4 is 5.32 Å². The molecule has 20 heavy (non-hydrogen) atoms. The maximum Gasteiger partial charge on any atom is 0.331 e. The Kier molecular flexibility index (Phi) is 4.63. The van der Waals surface area contributed by atoms with Gasteiger partial charge in [-0.2, -0.15) is 0 Å². The fourth-order valence-corrected chi connectivity index (χ4v) is 2.97. The first kappa shape index (κ1) is 14.8. The Morgan fingerprint density at radius 3 is 2.60 bits per heavy atom. The Balaban J connectivity index is 2.21. The van der Waals surface area contributed by atoms with Crippen LogP contribution in [0.4, 0.5) is 10.1 Å². The summed E-state index contributed by atoms with van der Waals surface area (Å²) in [4.78, 5) is 12.2. The van der Waals surface area contributed by atoms with Gasteiger partial charge >= 0.3 is 5.97 Å². The van der Waals surface area contributed by atoms with E-state index in [0.29, 0.717) is 24.4 Å². The third-order valence-electron chi connectivity index (χ3n) is 4.36. The highest BCUT2D eigenvalue weighted by Crippen LogP contribution is 2.37. The summed E-state index contributed by atoms with van der Waals surface area (Å²) in [5.74, 6) is 0.0129. The molecule has 1 N–H and O–H groups in total. The van der Waals surface area contributed by atoms with Crippen molar-refractivity contribution in [2.75, 3.05) is 12.4 Å². The first-order chi connectivity index (χ1) is 9.61. The highest BCUT2D eigenvalue weighted by molar-refractivity contribution is 5.84. The number of nitrogens with one attached hydrogen (secondary N) is 1. The highest BCUT2D eigenvalue weighted by atomic mass is 19.1. The molecule has 0 bridgehead atoms. The van der Waals surface area contributed by atoms with Crippen LogP contribution in [-0.2, 0) is 9.53 Å². The lowest BCUT2D eigenvalue weighted by molar-refractivity contribution is -0.147. The molecule has 1 aromatic carbocycles. The maximum absolute atomic E-state index is 13.8. The second-order valence-electron chi connectivity index (χ2n) is 5.53. The van der Waals surface area contributed by atoms with E-state index in [2.05, 4.69) is 12.2 Å². The van der Waals surface area contributed by atoms with E-state index in [-0.39, 0.29) is 11.8 Å². The van der Waals surface area contributed by atoms with Crippen molar-refractivity contribution in [3.8, 4) is 0 Å². The summed E-state index contributed by atoms with van der Waals surface area (Å²) in [5, 5.41) is 3.11. The van der Waals surface area contributed by atoms with Gasteiger partial charge in [-0.05, 0) is 43.7 Å². The Morgan fingerprint density at radius 2 is 2.05 bits per heavy atom. The summed E-state index contributed by atoms with van der Waals surface area (Å²) in [5.41, 5.74) is -0.421. The van der Waals surface area contributed by atoms with Gasteiger partial charge in [-0.15, -0.1) is 0 Å². The van der Waals surface area contributed by atoms with E-state index in [9.17, 15) is 9.18 Å². The number of methoxy groups -OCH3 is 1. The quantitative estimate of drug-likeness (QED) is 0.853. The predicted molar refractivity (Wildman–Crippen MR) is 77.0 cm³/mol. The Bertz CT molecular complexity index is 467. The molecule has 3 nitrogen and oxygen atoms in total. The smallest absolute Gasteiger partial charge is 0.331 e. The van der Waals surface area contributed by atoms with Gasteiger partial charge in [-0.25, -0.2) is 9.18 Å². The second-order valence-corrected chi connectivity index (χ2v) is 5.53. The predicted octanol–water partition coefficient (Wildman–Crippen LogP) is 3.75. The second kappa shape index (κ2) is 6.25. The van der Waals surface area contributed by atoms with Gasteiger partial charge in [-0.3, -0.25) is 0 Å². The van der Waals surface area contributed by atoms with Crippen LogP contribution in [0, 0.1) is 11.7 Å². The minimum absolute atomic E-state index is 0.296. The van der Waals surface area contributed by atoms with Crippen molar-refractivity contribution in [1.29, 1.82) is 0 Å². The van der Waals surface area contributed by atoms with E-state index in [1.54, 1.807) is 18.2 Å². The van der Waals surface area contributed by atoms with Gasteiger partial charge in [0.05, 0.1) is 12.8 Å². The van der Waals surface area contributed by atoms with Crippen LogP contribution in [0.2, 0.25) is 0 Å². The standard InChI is InChI=1S/C16H22FNO2/c1-3-12-8-10-16(11-9-12,15(19)20-2)18-14-7-5-4-6-13(14)17/h4-7,12,18H,3,8-11H2,1-2H3. The molecule has 0 spiro atoms. The molecular formula is C16H22FNO2. The molecule has 0 saturated heterocycles. The van der Waals surface area contributed by atoms with Crippen molar-refractivity contribution in [1.82, 2.24) is 0 Å². The van der Waals surface area contributed by atoms with Gasteiger partial charge in [0.25, 0.3) is 0 Å². The monoisotopic (exact) mass is 279 g/mol. The third kappa shape index (κ3) is 2.94. The lowest BCUT2D eigenvalue weighted by Crippen LogP contribution is -2.50. The van der Waals surface area contributed by atoms with Crippen molar-refractivity contribution >= 4 is 11.7 Å². The summed E-state index contributed by atoms with van der Waals surface area (Å²) >= 11 is 0. The lowest BCUT2D eigenvalue weighted by Gasteiger charge is -2.39. The summed E-state index contributed by atoms with van der Waals surface area (Å²) in [6.45, 7) is 2.17. The summed E-state index contributed by atoms with van der Waals surface area (Å²) < 4.78 is 18.8. The summed E-state index contributed by atoms with van der Waals surface area (Å²) in [6, 6.07) is 6.45. The van der Waals surface area contributed by atoms with Gasteiger partial charge in [-0.1, -0.05) is 25.5 Å². The van der Waals surface area contributed by atoms with E-state index in [4.69, 9.17) is 4.74 Å². The van der Waals surface area contributed by atoms with Gasteiger partial charge in [0.2, 0.25) is 0 Å². The van der Waals surface area contributed by atoms with E-state index in [1.165, 1.54) is 13.2 Å². The Labute approximate surface area is 119 Å². The molecule has 0 aromatic heterocycles. The topological polar surface area (TPSA) is 38.3 Å². The normalized spacial score (nSPS) is 26.1. The van der Waals surface area contributed by atoms with Crippen LogP contribution in [0.15, 0.2) is 24.3 Å². The maximum atomic E-state index is 13.8. The lowest BCUT2D eigenvalue weighted by atomic mass is 9.75. The number of hydrogen-bond acceptors (Lipinski definition) is 3. The van der Waals surface area contributed by atoms with Crippen LogP contribution in [0.1, 0.15) is 39.0 Å². The first-order valence-corrected chi connectivity index (χ1v) is 7.22. The average Bonchev–Trinajstić information content (AvgIpc) is 2.49. The number of anilines is 1. The molecular weight excluding hydrogens is 257 g/mol. The molecule has 1 fully saturated rings. The minimum Gasteiger partial charge on any atom is -0.467 e. The van der Waals surface area contributed by atoms with Crippen molar-refractivity contribution in [2.24, 2.45) is 5.92 Å². The zero-order chi connectivity index (χ0) is 14.6. The fourth-order valence-electron chi connectivity index (χ4n) is 2.97. The molecule has 1 aliphatic rings. The summed E-state index contributed by atoms with van der Waals surface area (Å²) in [6.07, 6.45) is 4.43. The molecule has 1 saturated carbocycles. The molecule has 0 heterocycles. The summed E-state index contributed by atoms with van der Waals surface area (Å²) in [7, 11) is 1.39. The van der Waals surface area contributed by atoms with Gasteiger partial charge in [0, 0.05) is 0 Å². The number of esters is 1. The molecule has 0 unspecified atom stereocenters. The molecule has 0 atom stereocenters. The number of hydrogen-bond donors (Lipinski definition) is 1. The number of benzene rings is 1. The number of carbonyl (C=O) groups excluding carboxylic acids is 1. The van der Waals surface area contributed by atoms with Crippen LogP contribution in [-0.4, -0.2) is 18.6 Å². The molecule has 4 heteroatoms. The van der Waals surface area contributed by atoms with Crippen molar-refractivity contribution in [3.63, 3.8) is 0 Å². The Morgan fingerprint density at radius 1 is 1.40 bits per heavy atom. The SMILES string of the molecule is CCC1CCC(Nc2ccccc2F)(C(=O)OC)CC1. The molecule has 0 aliphatic heterocycles. The van der Waals surface area contributed by atoms with Crippen LogP contribution in [0.5, 0.6) is 0 Å². The number of ether oxygens (including phenoxy) is 1. The van der Waals surface area contributed by atoms with Crippen LogP contribution >= 0.6 is 0 Å². The zero-order valence-electron chi connectivity index (χ0n) is 12.1. The number of halogens is 1. The molecule has 0 radical (unpaired) electrons. The van der Waals surface area contributed by atoms with Gasteiger partial charge in [0.15, 0.2) is 0 Å². The minimum atomic E-state index is -0.789. The molecule has 2 rings (SSSR count). The van der Waals surface area contributed by atoms with Gasteiger partial charge in [0.1, 0.15) is 11.4 Å². The number of para-hydroxylation sites is 1. The Hall–Kier alpha value is -1.58. The highest BCUT2D eigenvalue weighted by Gasteiger charge is 2.42. The zero-order valence-corrected chi connectivity index (χ0v) is 12.1. The average molecular weight is 279 g/mol. The molecule has 1 aromatic rings. The number of rotatable bonds is 4. The molecule has 0 amide bonds. The fraction of sp³-hybridized carbons (Fsp3) is 0.562. The first-order valence-electron chi connectivity index (χ1n) is 7.22. The largest absolute Gasteiger partial charge is 0.467 e. The van der Waals surface area contributed by atoms with Crippen molar-refractivity contribution < 1.29 is 13.9 Å². The van der Waals surface area contributed by atoms with Crippen LogP contribution in [0.25, 0.3) is 0 Å². The third-order valence-corrected chi connectivity index (χ3v) is 4.36. The van der Waals surface area contributed by atoms with E-state index < -0.39 is 5.54 Å².